The number of fused-ring (bicyclic) bond motifs is 1. The van der Waals surface area contributed by atoms with Crippen LogP contribution in [0.5, 0.6) is 0 Å². The highest BCUT2D eigenvalue weighted by Crippen LogP contribution is 2.02. The third kappa shape index (κ3) is 1.69. The highest BCUT2D eigenvalue weighted by Gasteiger charge is 2.10. The molecule has 0 bridgehead atoms. The molecule has 0 aliphatic heterocycles. The zero-order chi connectivity index (χ0) is 11.7. The largest absolute Gasteiger partial charge is 0.330 e. The minimum absolute atomic E-state index is 0.168. The van der Waals surface area contributed by atoms with Crippen LogP contribution >= 0.6 is 0 Å². The van der Waals surface area contributed by atoms with Gasteiger partial charge in [-0.25, -0.2) is 9.36 Å². The smallest absolute Gasteiger partial charge is 0.280 e. The lowest BCUT2D eigenvalue weighted by molar-refractivity contribution is 0.429. The lowest BCUT2D eigenvalue weighted by Gasteiger charge is -2.08. The quantitative estimate of drug-likeness (QED) is 0.728. The van der Waals surface area contributed by atoms with E-state index in [0.717, 1.165) is 0 Å². The van der Waals surface area contributed by atoms with E-state index in [4.69, 9.17) is 5.73 Å². The van der Waals surface area contributed by atoms with E-state index >= 15 is 0 Å². The fourth-order valence-electron chi connectivity index (χ4n) is 1.47. The molecular formula is C9H14N6O. The molecule has 1 unspecified atom stereocenters. The van der Waals surface area contributed by atoms with Gasteiger partial charge in [0.05, 0.1) is 12.7 Å². The molecule has 7 heteroatoms. The van der Waals surface area contributed by atoms with E-state index in [1.807, 2.05) is 6.92 Å². The summed E-state index contributed by atoms with van der Waals surface area (Å²) in [6, 6.07) is 0. The van der Waals surface area contributed by atoms with E-state index < -0.39 is 0 Å². The molecule has 1 atom stereocenters. The van der Waals surface area contributed by atoms with Gasteiger partial charge in [0.15, 0.2) is 5.65 Å². The second-order valence-electron chi connectivity index (χ2n) is 3.92. The summed E-state index contributed by atoms with van der Waals surface area (Å²) in [7, 11) is 1.73. The first-order chi connectivity index (χ1) is 7.63. The van der Waals surface area contributed by atoms with Gasteiger partial charge < -0.3 is 5.73 Å². The van der Waals surface area contributed by atoms with Crippen molar-refractivity contribution in [3.05, 3.63) is 16.6 Å². The van der Waals surface area contributed by atoms with Gasteiger partial charge in [-0.3, -0.25) is 4.79 Å². The van der Waals surface area contributed by atoms with Gasteiger partial charge in [-0.1, -0.05) is 12.1 Å². The lowest BCUT2D eigenvalue weighted by Crippen LogP contribution is -2.29. The van der Waals surface area contributed by atoms with Crippen LogP contribution in [0.1, 0.15) is 6.92 Å². The summed E-state index contributed by atoms with van der Waals surface area (Å²) in [4.78, 5) is 12.0. The predicted molar refractivity (Wildman–Crippen MR) is 58.8 cm³/mol. The molecular weight excluding hydrogens is 208 g/mol. The van der Waals surface area contributed by atoms with Crippen LogP contribution in [0, 0.1) is 5.92 Å². The lowest BCUT2D eigenvalue weighted by atomic mass is 10.2. The Labute approximate surface area is 91.9 Å². The number of hydrogen-bond donors (Lipinski definition) is 1. The normalized spacial score (nSPS) is 13.2. The Morgan fingerprint density at radius 1 is 1.56 bits per heavy atom. The van der Waals surface area contributed by atoms with E-state index in [2.05, 4.69) is 15.4 Å². The highest BCUT2D eigenvalue weighted by molar-refractivity contribution is 5.72. The van der Waals surface area contributed by atoms with Crippen molar-refractivity contribution in [2.75, 3.05) is 6.54 Å². The van der Waals surface area contributed by atoms with Crippen molar-refractivity contribution in [3.8, 4) is 0 Å². The molecule has 2 aromatic heterocycles. The molecule has 2 aromatic rings. The van der Waals surface area contributed by atoms with Crippen molar-refractivity contribution < 1.29 is 0 Å². The van der Waals surface area contributed by atoms with E-state index in [1.165, 1.54) is 15.6 Å². The Bertz CT molecular complexity index is 557. The zero-order valence-electron chi connectivity index (χ0n) is 9.29. The van der Waals surface area contributed by atoms with Gasteiger partial charge in [0.2, 0.25) is 0 Å². The van der Waals surface area contributed by atoms with Crippen LogP contribution in [0.2, 0.25) is 0 Å². The van der Waals surface area contributed by atoms with E-state index in [9.17, 15) is 4.79 Å². The Morgan fingerprint density at radius 2 is 2.31 bits per heavy atom. The molecule has 0 saturated heterocycles. The molecule has 0 aliphatic carbocycles. The first kappa shape index (κ1) is 10.7. The number of nitrogens with zero attached hydrogens (tertiary/aromatic N) is 5. The van der Waals surface area contributed by atoms with Crippen LogP contribution in [0.4, 0.5) is 0 Å². The van der Waals surface area contributed by atoms with Gasteiger partial charge in [-0.05, 0) is 12.5 Å². The minimum Gasteiger partial charge on any atom is -0.330 e. The maximum absolute atomic E-state index is 12.0. The number of rotatable bonds is 3. The molecule has 0 saturated carbocycles. The minimum atomic E-state index is -0.168. The van der Waals surface area contributed by atoms with E-state index in [0.29, 0.717) is 24.1 Å². The Kier molecular flexibility index (Phi) is 2.69. The summed E-state index contributed by atoms with van der Waals surface area (Å²) in [6.07, 6.45) is 1.51. The highest BCUT2D eigenvalue weighted by atomic mass is 16.1. The molecule has 0 aromatic carbocycles. The van der Waals surface area contributed by atoms with Crippen LogP contribution < -0.4 is 11.3 Å². The molecule has 2 heterocycles. The van der Waals surface area contributed by atoms with E-state index in [1.54, 1.807) is 7.05 Å². The van der Waals surface area contributed by atoms with Gasteiger partial charge >= 0.3 is 0 Å². The first-order valence-corrected chi connectivity index (χ1v) is 5.09. The van der Waals surface area contributed by atoms with Crippen molar-refractivity contribution in [3.63, 3.8) is 0 Å². The van der Waals surface area contributed by atoms with Gasteiger partial charge in [0.1, 0.15) is 5.39 Å². The Hall–Kier alpha value is -1.76. The fraction of sp³-hybridized carbons (Fsp3) is 0.556. The molecule has 0 spiro atoms. The summed E-state index contributed by atoms with van der Waals surface area (Å²) in [5, 5.41) is 12.3. The number of aryl methyl sites for hydroxylation is 1. The topological polar surface area (TPSA) is 91.6 Å². The Balaban J connectivity index is 2.49. The van der Waals surface area contributed by atoms with Crippen LogP contribution in [-0.4, -0.2) is 31.3 Å². The molecule has 0 amide bonds. The number of hydrogen-bond acceptors (Lipinski definition) is 5. The van der Waals surface area contributed by atoms with Crippen LogP contribution in [0.15, 0.2) is 11.0 Å². The molecule has 86 valence electrons. The predicted octanol–water partition coefficient (Wildman–Crippen LogP) is -0.880. The first-order valence-electron chi connectivity index (χ1n) is 5.09. The molecule has 2 rings (SSSR count). The van der Waals surface area contributed by atoms with Crippen molar-refractivity contribution in [1.82, 2.24) is 24.8 Å². The van der Waals surface area contributed by atoms with Crippen molar-refractivity contribution in [2.45, 2.75) is 13.5 Å². The number of aromatic nitrogens is 5. The molecule has 16 heavy (non-hydrogen) atoms. The maximum atomic E-state index is 12.0. The van der Waals surface area contributed by atoms with Crippen LogP contribution in [0.3, 0.4) is 0 Å². The fourth-order valence-corrected chi connectivity index (χ4v) is 1.47. The average Bonchev–Trinajstić information content (AvgIpc) is 2.65. The second-order valence-corrected chi connectivity index (χ2v) is 3.92. The maximum Gasteiger partial charge on any atom is 0.280 e. The molecule has 0 fully saturated rings. The summed E-state index contributed by atoms with van der Waals surface area (Å²) in [5.41, 5.74) is 5.84. The standard InChI is InChI=1S/C9H14N6O/c1-6(3-10)5-15-9(16)7-4-11-14(2)8(7)12-13-15/h4,6H,3,5,10H2,1-2H3. The van der Waals surface area contributed by atoms with Crippen molar-refractivity contribution in [2.24, 2.45) is 18.7 Å². The monoisotopic (exact) mass is 222 g/mol. The molecule has 2 N–H and O–H groups in total. The van der Waals surface area contributed by atoms with E-state index in [-0.39, 0.29) is 11.5 Å². The van der Waals surface area contributed by atoms with Gasteiger partial charge in [-0.15, -0.1) is 5.10 Å². The summed E-state index contributed by atoms with van der Waals surface area (Å²) < 4.78 is 2.86. The van der Waals surface area contributed by atoms with Crippen LogP contribution in [-0.2, 0) is 13.6 Å². The summed E-state index contributed by atoms with van der Waals surface area (Å²) in [6.45, 7) is 2.95. The molecule has 0 aliphatic rings. The van der Waals surface area contributed by atoms with Crippen LogP contribution in [0.25, 0.3) is 11.0 Å². The Morgan fingerprint density at radius 3 is 3.00 bits per heavy atom. The molecule has 0 radical (unpaired) electrons. The average molecular weight is 222 g/mol. The second kappa shape index (κ2) is 4.01. The van der Waals surface area contributed by atoms with Gasteiger partial charge in [-0.2, -0.15) is 5.10 Å². The zero-order valence-corrected chi connectivity index (χ0v) is 9.29. The van der Waals surface area contributed by atoms with Crippen molar-refractivity contribution in [1.29, 1.82) is 0 Å². The van der Waals surface area contributed by atoms with Crippen molar-refractivity contribution >= 4 is 11.0 Å². The third-order valence-corrected chi connectivity index (χ3v) is 2.51. The van der Waals surface area contributed by atoms with Gasteiger partial charge in [0.25, 0.3) is 5.56 Å². The SMILES string of the molecule is CC(CN)Cn1nnc2c(cnn2C)c1=O. The summed E-state index contributed by atoms with van der Waals surface area (Å²) >= 11 is 0. The third-order valence-electron chi connectivity index (χ3n) is 2.51. The molecule has 7 nitrogen and oxygen atoms in total. The summed E-state index contributed by atoms with van der Waals surface area (Å²) in [5.74, 6) is 0.195. The van der Waals surface area contributed by atoms with Gasteiger partial charge in [0, 0.05) is 7.05 Å². The number of nitrogens with two attached hydrogens (primary N) is 1.